The minimum Gasteiger partial charge on any atom is -0.497 e. The van der Waals surface area contributed by atoms with Crippen molar-refractivity contribution in [1.82, 2.24) is 0 Å². The van der Waals surface area contributed by atoms with Crippen molar-refractivity contribution in [2.45, 2.75) is 17.7 Å². The summed E-state index contributed by atoms with van der Waals surface area (Å²) in [4.78, 5) is 12.2. The first kappa shape index (κ1) is 19.6. The second-order valence-electron chi connectivity index (χ2n) is 5.25. The number of carbonyl (C=O) groups is 1. The summed E-state index contributed by atoms with van der Waals surface area (Å²) in [5, 5.41) is 3.21. The van der Waals surface area contributed by atoms with Crippen molar-refractivity contribution in [3.8, 4) is 5.75 Å². The van der Waals surface area contributed by atoms with Gasteiger partial charge < -0.3 is 10.1 Å². The number of methoxy groups -OCH3 is 1. The monoisotopic (exact) mass is 401 g/mol. The second-order valence-corrected chi connectivity index (χ2v) is 8.14. The van der Waals surface area contributed by atoms with Gasteiger partial charge in [-0.05, 0) is 42.8 Å². The molecule has 0 aromatic heterocycles. The highest BCUT2D eigenvalue weighted by atomic mass is 35.5. The number of rotatable bonds is 7. The van der Waals surface area contributed by atoms with Crippen LogP contribution in [0, 0.1) is 0 Å². The topological polar surface area (TPSA) is 72.5 Å². The van der Waals surface area contributed by atoms with E-state index in [0.717, 1.165) is 0 Å². The number of sulfone groups is 1. The van der Waals surface area contributed by atoms with Gasteiger partial charge in [0.05, 0.1) is 33.5 Å². The number of amides is 1. The molecule has 1 N–H and O–H groups in total. The molecule has 25 heavy (non-hydrogen) atoms. The maximum Gasteiger partial charge on any atom is 0.224 e. The quantitative estimate of drug-likeness (QED) is 0.754. The largest absolute Gasteiger partial charge is 0.497 e. The van der Waals surface area contributed by atoms with Crippen LogP contribution < -0.4 is 10.1 Å². The normalized spacial score (nSPS) is 11.2. The van der Waals surface area contributed by atoms with Crippen LogP contribution in [0.15, 0.2) is 47.4 Å². The lowest BCUT2D eigenvalue weighted by Gasteiger charge is -2.09. The van der Waals surface area contributed by atoms with Crippen LogP contribution in [0.3, 0.4) is 0 Å². The molecule has 0 radical (unpaired) electrons. The molecule has 0 heterocycles. The Labute approximate surface area is 156 Å². The Hall–Kier alpha value is -1.76. The van der Waals surface area contributed by atoms with Gasteiger partial charge in [-0.25, -0.2) is 8.42 Å². The number of hydrogen-bond acceptors (Lipinski definition) is 4. The molecule has 0 atom stereocenters. The van der Waals surface area contributed by atoms with Gasteiger partial charge >= 0.3 is 0 Å². The third-order valence-corrected chi connectivity index (χ3v) is 6.10. The summed E-state index contributed by atoms with van der Waals surface area (Å²) < 4.78 is 29.5. The van der Waals surface area contributed by atoms with E-state index in [4.69, 9.17) is 27.9 Å². The molecule has 0 saturated carbocycles. The Balaban J connectivity index is 1.90. The SMILES string of the molecule is COc1ccc(S(=O)(=O)CCCC(=O)Nc2cccc(Cl)c2Cl)cc1. The van der Waals surface area contributed by atoms with E-state index in [9.17, 15) is 13.2 Å². The molecule has 2 rings (SSSR count). The molecule has 0 unspecified atom stereocenters. The average Bonchev–Trinajstić information content (AvgIpc) is 2.59. The molecule has 5 nitrogen and oxygen atoms in total. The maximum absolute atomic E-state index is 12.3. The summed E-state index contributed by atoms with van der Waals surface area (Å²) in [6.07, 6.45) is 0.247. The fraction of sp³-hybridized carbons (Fsp3) is 0.235. The van der Waals surface area contributed by atoms with Crippen LogP contribution in [0.1, 0.15) is 12.8 Å². The third-order valence-electron chi connectivity index (χ3n) is 3.46. The number of hydrogen-bond donors (Lipinski definition) is 1. The van der Waals surface area contributed by atoms with E-state index in [2.05, 4.69) is 5.32 Å². The highest BCUT2D eigenvalue weighted by molar-refractivity contribution is 7.91. The van der Waals surface area contributed by atoms with Crippen LogP contribution in [0.2, 0.25) is 10.0 Å². The first-order chi connectivity index (χ1) is 11.8. The molecular formula is C17H17Cl2NO4S. The van der Waals surface area contributed by atoms with E-state index in [1.54, 1.807) is 30.3 Å². The predicted molar refractivity (Wildman–Crippen MR) is 99.4 cm³/mol. The lowest BCUT2D eigenvalue weighted by atomic mass is 10.3. The van der Waals surface area contributed by atoms with E-state index >= 15 is 0 Å². The Morgan fingerprint density at radius 2 is 1.80 bits per heavy atom. The third kappa shape index (κ3) is 5.36. The van der Waals surface area contributed by atoms with E-state index in [-0.39, 0.29) is 34.4 Å². The highest BCUT2D eigenvalue weighted by Gasteiger charge is 2.15. The van der Waals surface area contributed by atoms with Gasteiger partial charge in [0.2, 0.25) is 5.91 Å². The van der Waals surface area contributed by atoms with Crippen molar-refractivity contribution in [3.05, 3.63) is 52.5 Å². The number of nitrogens with one attached hydrogen (secondary N) is 1. The van der Waals surface area contributed by atoms with Gasteiger partial charge in [-0.3, -0.25) is 4.79 Å². The molecule has 2 aromatic rings. The maximum atomic E-state index is 12.3. The highest BCUT2D eigenvalue weighted by Crippen LogP contribution is 2.29. The van der Waals surface area contributed by atoms with Gasteiger partial charge in [0, 0.05) is 6.42 Å². The lowest BCUT2D eigenvalue weighted by molar-refractivity contribution is -0.116. The Morgan fingerprint density at radius 1 is 1.12 bits per heavy atom. The minimum absolute atomic E-state index is 0.0538. The molecule has 2 aromatic carbocycles. The van der Waals surface area contributed by atoms with Crippen LogP contribution in [0.25, 0.3) is 0 Å². The molecule has 0 saturated heterocycles. The smallest absolute Gasteiger partial charge is 0.224 e. The van der Waals surface area contributed by atoms with Gasteiger partial charge in [-0.1, -0.05) is 29.3 Å². The number of halogens is 2. The van der Waals surface area contributed by atoms with Crippen LogP contribution >= 0.6 is 23.2 Å². The van der Waals surface area contributed by atoms with Crippen LogP contribution in [-0.2, 0) is 14.6 Å². The van der Waals surface area contributed by atoms with Gasteiger partial charge in [0.25, 0.3) is 0 Å². The van der Waals surface area contributed by atoms with E-state index in [1.165, 1.54) is 19.2 Å². The van der Waals surface area contributed by atoms with Gasteiger partial charge in [0.1, 0.15) is 5.75 Å². The number of carbonyl (C=O) groups excluding carboxylic acids is 1. The summed E-state index contributed by atoms with van der Waals surface area (Å²) in [7, 11) is -1.94. The van der Waals surface area contributed by atoms with Crippen molar-refractivity contribution in [2.75, 3.05) is 18.2 Å². The predicted octanol–water partition coefficient (Wildman–Crippen LogP) is 4.19. The standard InChI is InChI=1S/C17H17Cl2NO4S/c1-24-12-7-9-13(10-8-12)25(22,23)11-3-6-16(21)20-15-5-2-4-14(18)17(15)19/h2,4-5,7-10H,3,6,11H2,1H3,(H,20,21). The lowest BCUT2D eigenvalue weighted by Crippen LogP contribution is -2.14. The van der Waals surface area contributed by atoms with Crippen LogP contribution in [0.5, 0.6) is 5.75 Å². The molecule has 134 valence electrons. The Bertz CT molecular complexity index is 851. The zero-order valence-electron chi connectivity index (χ0n) is 13.5. The number of ether oxygens (including phenoxy) is 1. The molecule has 0 spiro atoms. The summed E-state index contributed by atoms with van der Waals surface area (Å²) >= 11 is 11.9. The molecule has 1 amide bonds. The zero-order chi connectivity index (χ0) is 18.4. The molecule has 8 heteroatoms. The summed E-state index contributed by atoms with van der Waals surface area (Å²) in [6, 6.07) is 11.0. The van der Waals surface area contributed by atoms with E-state index in [1.807, 2.05) is 0 Å². The summed E-state index contributed by atoms with van der Waals surface area (Å²) in [6.45, 7) is 0. The average molecular weight is 402 g/mol. The number of benzene rings is 2. The second kappa shape index (κ2) is 8.56. The van der Waals surface area contributed by atoms with Crippen LogP contribution in [0.4, 0.5) is 5.69 Å². The Morgan fingerprint density at radius 3 is 2.44 bits per heavy atom. The minimum atomic E-state index is -3.45. The van der Waals surface area contributed by atoms with E-state index < -0.39 is 9.84 Å². The van der Waals surface area contributed by atoms with Crippen molar-refractivity contribution >= 4 is 44.6 Å². The summed E-state index contributed by atoms with van der Waals surface area (Å²) in [5.74, 6) is 0.126. The fourth-order valence-corrected chi connectivity index (χ4v) is 3.80. The molecular weight excluding hydrogens is 385 g/mol. The van der Waals surface area contributed by atoms with Crippen molar-refractivity contribution in [3.63, 3.8) is 0 Å². The first-order valence-corrected chi connectivity index (χ1v) is 9.85. The number of anilines is 1. The van der Waals surface area contributed by atoms with Crippen LogP contribution in [-0.4, -0.2) is 27.2 Å². The van der Waals surface area contributed by atoms with Crippen molar-refractivity contribution in [2.24, 2.45) is 0 Å². The zero-order valence-corrected chi connectivity index (χ0v) is 15.8. The van der Waals surface area contributed by atoms with Gasteiger partial charge in [-0.2, -0.15) is 0 Å². The Kier molecular flexibility index (Phi) is 6.70. The van der Waals surface area contributed by atoms with E-state index in [0.29, 0.717) is 16.5 Å². The van der Waals surface area contributed by atoms with Crippen molar-refractivity contribution in [1.29, 1.82) is 0 Å². The molecule has 0 aliphatic carbocycles. The molecule has 0 aliphatic rings. The molecule has 0 aliphatic heterocycles. The summed E-state index contributed by atoms with van der Waals surface area (Å²) in [5.41, 5.74) is 0.400. The molecule has 0 fully saturated rings. The van der Waals surface area contributed by atoms with Crippen molar-refractivity contribution < 1.29 is 17.9 Å². The van der Waals surface area contributed by atoms with Gasteiger partial charge in [-0.15, -0.1) is 0 Å². The molecule has 0 bridgehead atoms. The fourth-order valence-electron chi connectivity index (χ4n) is 2.14. The first-order valence-electron chi connectivity index (χ1n) is 7.44. The van der Waals surface area contributed by atoms with Gasteiger partial charge in [0.15, 0.2) is 9.84 Å².